The zero-order valence-corrected chi connectivity index (χ0v) is 4.40. The van der Waals surface area contributed by atoms with E-state index in [0.29, 0.717) is 5.75 Å². The van der Waals surface area contributed by atoms with Crippen LogP contribution in [0, 0.1) is 0 Å². The van der Waals surface area contributed by atoms with Gasteiger partial charge in [0, 0.05) is 5.41 Å². The molecule has 0 bridgehead atoms. The Hall–Kier alpha value is -0.440. The molecule has 1 aliphatic heterocycles. The fraction of sp³-hybridized carbons (Fsp3) is 0.250. The van der Waals surface area contributed by atoms with Crippen molar-refractivity contribution in [1.82, 2.24) is 0 Å². The van der Waals surface area contributed by atoms with Gasteiger partial charge in [0.2, 0.25) is 0 Å². The van der Waals surface area contributed by atoms with Gasteiger partial charge in [-0.3, -0.25) is 4.79 Å². The molecule has 0 saturated carbocycles. The number of hydrogen-bond acceptors (Lipinski definition) is 3. The predicted octanol–water partition coefficient (Wildman–Crippen LogP) is 0.748. The number of carbonyl (C=O) groups is 1. The van der Waals surface area contributed by atoms with Crippen LogP contribution in [0.1, 0.15) is 0 Å². The molecule has 0 N–H and O–H groups in total. The van der Waals surface area contributed by atoms with Gasteiger partial charge < -0.3 is 4.74 Å². The molecular formula is C4H4O2S. The Kier molecular flexibility index (Phi) is 1.36. The quantitative estimate of drug-likeness (QED) is 0.437. The third kappa shape index (κ3) is 1.23. The van der Waals surface area contributed by atoms with Gasteiger partial charge in [0.25, 0.3) is 0 Å². The molecule has 7 heavy (non-hydrogen) atoms. The lowest BCUT2D eigenvalue weighted by atomic mass is 10.8. The van der Waals surface area contributed by atoms with Crippen LogP contribution in [0.4, 0.5) is 0 Å². The highest BCUT2D eigenvalue weighted by atomic mass is 32.2. The number of ether oxygens (including phenoxy) is 1. The molecule has 0 aromatic heterocycles. The number of hydrogen-bond donors (Lipinski definition) is 0. The first-order chi connectivity index (χ1) is 3.39. The van der Waals surface area contributed by atoms with Gasteiger partial charge in [-0.05, 0) is 0 Å². The van der Waals surface area contributed by atoms with Crippen molar-refractivity contribution in [3.8, 4) is 0 Å². The van der Waals surface area contributed by atoms with E-state index in [9.17, 15) is 4.79 Å². The molecule has 0 saturated heterocycles. The first-order valence-corrected chi connectivity index (χ1v) is 2.90. The molecule has 0 amide bonds. The topological polar surface area (TPSA) is 26.3 Å². The average molecular weight is 116 g/mol. The number of rotatable bonds is 0. The van der Waals surface area contributed by atoms with Gasteiger partial charge >= 0.3 is 5.97 Å². The highest BCUT2D eigenvalue weighted by Gasteiger charge is 2.01. The van der Waals surface area contributed by atoms with Crippen LogP contribution < -0.4 is 0 Å². The monoisotopic (exact) mass is 116 g/mol. The van der Waals surface area contributed by atoms with Crippen LogP contribution in [0.15, 0.2) is 11.7 Å². The molecular weight excluding hydrogens is 112 g/mol. The molecule has 0 spiro atoms. The van der Waals surface area contributed by atoms with E-state index >= 15 is 0 Å². The van der Waals surface area contributed by atoms with Gasteiger partial charge in [0.15, 0.2) is 0 Å². The standard InChI is InChI=1S/C4H4O2S/c5-4-3-7-2-1-6-4/h1-2H,3H2. The molecule has 2 nitrogen and oxygen atoms in total. The Balaban J connectivity index is 2.47. The molecule has 38 valence electrons. The summed E-state index contributed by atoms with van der Waals surface area (Å²) in [6.45, 7) is 0. The van der Waals surface area contributed by atoms with Gasteiger partial charge in [0.05, 0.1) is 5.75 Å². The van der Waals surface area contributed by atoms with Gasteiger partial charge in [-0.2, -0.15) is 0 Å². The summed E-state index contributed by atoms with van der Waals surface area (Å²) in [7, 11) is 0. The molecule has 0 atom stereocenters. The summed E-state index contributed by atoms with van der Waals surface area (Å²) in [4.78, 5) is 10.2. The lowest BCUT2D eigenvalue weighted by Gasteiger charge is -1.99. The first-order valence-electron chi connectivity index (χ1n) is 1.86. The van der Waals surface area contributed by atoms with Crippen LogP contribution >= 0.6 is 11.8 Å². The summed E-state index contributed by atoms with van der Waals surface area (Å²) >= 11 is 1.45. The highest BCUT2D eigenvalue weighted by Crippen LogP contribution is 2.07. The number of esters is 1. The average Bonchev–Trinajstić information content (AvgIpc) is 1.69. The van der Waals surface area contributed by atoms with Gasteiger partial charge in [0.1, 0.15) is 6.26 Å². The smallest absolute Gasteiger partial charge is 0.321 e. The first kappa shape index (κ1) is 4.71. The van der Waals surface area contributed by atoms with E-state index in [1.54, 1.807) is 5.41 Å². The summed E-state index contributed by atoms with van der Waals surface area (Å²) in [6.07, 6.45) is 1.40. The second-order valence-electron chi connectivity index (χ2n) is 1.07. The number of carbonyl (C=O) groups excluding carboxylic acids is 1. The van der Waals surface area contributed by atoms with E-state index in [2.05, 4.69) is 4.74 Å². The molecule has 1 heterocycles. The zero-order chi connectivity index (χ0) is 5.11. The van der Waals surface area contributed by atoms with Crippen molar-refractivity contribution in [3.63, 3.8) is 0 Å². The van der Waals surface area contributed by atoms with E-state index in [4.69, 9.17) is 0 Å². The zero-order valence-electron chi connectivity index (χ0n) is 3.59. The van der Waals surface area contributed by atoms with Crippen molar-refractivity contribution in [2.24, 2.45) is 0 Å². The van der Waals surface area contributed by atoms with Gasteiger partial charge in [-0.15, -0.1) is 11.8 Å². The molecule has 0 aromatic rings. The predicted molar refractivity (Wildman–Crippen MR) is 27.7 cm³/mol. The molecule has 0 fully saturated rings. The molecule has 1 aliphatic rings. The minimum atomic E-state index is -0.160. The SMILES string of the molecule is O=C1CSC=CO1. The highest BCUT2D eigenvalue weighted by molar-refractivity contribution is 8.02. The maximum atomic E-state index is 10.2. The van der Waals surface area contributed by atoms with Crippen LogP contribution in [0.3, 0.4) is 0 Å². The molecule has 0 radical (unpaired) electrons. The maximum absolute atomic E-state index is 10.2. The van der Waals surface area contributed by atoms with Crippen molar-refractivity contribution in [2.45, 2.75) is 0 Å². The molecule has 1 rings (SSSR count). The van der Waals surface area contributed by atoms with Crippen LogP contribution in [0.25, 0.3) is 0 Å². The van der Waals surface area contributed by atoms with Crippen molar-refractivity contribution >= 4 is 17.7 Å². The third-order valence-electron chi connectivity index (χ3n) is 0.552. The van der Waals surface area contributed by atoms with E-state index in [-0.39, 0.29) is 5.97 Å². The third-order valence-corrected chi connectivity index (χ3v) is 1.26. The lowest BCUT2D eigenvalue weighted by Crippen LogP contribution is -2.04. The lowest BCUT2D eigenvalue weighted by molar-refractivity contribution is -0.135. The van der Waals surface area contributed by atoms with Gasteiger partial charge in [-0.1, -0.05) is 0 Å². The Labute approximate surface area is 45.5 Å². The summed E-state index contributed by atoms with van der Waals surface area (Å²) in [5, 5.41) is 1.75. The van der Waals surface area contributed by atoms with Crippen LogP contribution in [-0.2, 0) is 9.53 Å². The number of cyclic esters (lactones) is 1. The summed E-state index contributed by atoms with van der Waals surface area (Å²) in [6, 6.07) is 0. The van der Waals surface area contributed by atoms with Gasteiger partial charge in [-0.25, -0.2) is 0 Å². The summed E-state index contributed by atoms with van der Waals surface area (Å²) < 4.78 is 4.44. The normalized spacial score (nSPS) is 19.1. The van der Waals surface area contributed by atoms with Crippen LogP contribution in [-0.4, -0.2) is 11.7 Å². The molecule has 0 aliphatic carbocycles. The Bertz CT molecular complexity index is 108. The van der Waals surface area contributed by atoms with E-state index in [0.717, 1.165) is 0 Å². The fourth-order valence-corrected chi connectivity index (χ4v) is 0.728. The minimum absolute atomic E-state index is 0.160. The molecule has 0 unspecified atom stereocenters. The fourth-order valence-electron chi connectivity index (χ4n) is 0.293. The largest absolute Gasteiger partial charge is 0.433 e. The van der Waals surface area contributed by atoms with Crippen molar-refractivity contribution in [3.05, 3.63) is 11.7 Å². The van der Waals surface area contributed by atoms with Crippen LogP contribution in [0.5, 0.6) is 0 Å². The Morgan fingerprint density at radius 3 is 3.00 bits per heavy atom. The Morgan fingerprint density at radius 2 is 2.71 bits per heavy atom. The summed E-state index contributed by atoms with van der Waals surface area (Å²) in [5.74, 6) is 0.295. The molecule has 0 aromatic carbocycles. The van der Waals surface area contributed by atoms with E-state index < -0.39 is 0 Å². The Morgan fingerprint density at radius 1 is 1.86 bits per heavy atom. The van der Waals surface area contributed by atoms with E-state index in [1.165, 1.54) is 18.0 Å². The van der Waals surface area contributed by atoms with E-state index in [1.807, 2.05) is 0 Å². The maximum Gasteiger partial charge on any atom is 0.321 e. The minimum Gasteiger partial charge on any atom is -0.433 e. The summed E-state index contributed by atoms with van der Waals surface area (Å²) in [5.41, 5.74) is 0. The molecule has 3 heteroatoms. The van der Waals surface area contributed by atoms with Crippen molar-refractivity contribution in [1.29, 1.82) is 0 Å². The second-order valence-corrected chi connectivity index (χ2v) is 1.97. The number of thioether (sulfide) groups is 1. The van der Waals surface area contributed by atoms with Crippen molar-refractivity contribution < 1.29 is 9.53 Å². The second kappa shape index (κ2) is 2.02. The van der Waals surface area contributed by atoms with Crippen LogP contribution in [0.2, 0.25) is 0 Å². The van der Waals surface area contributed by atoms with Crippen molar-refractivity contribution in [2.75, 3.05) is 5.75 Å².